The number of nitrogens with zero attached hydrogens (tertiary/aromatic N) is 2. The number of aromatic nitrogens is 2. The molecule has 3 rings (SSSR count). The first-order valence-electron chi connectivity index (χ1n) is 6.93. The molecule has 0 saturated heterocycles. The Kier molecular flexibility index (Phi) is 3.14. The van der Waals surface area contributed by atoms with Crippen LogP contribution in [0.5, 0.6) is 0 Å². The zero-order valence-electron chi connectivity index (χ0n) is 11.2. The van der Waals surface area contributed by atoms with Crippen LogP contribution in [-0.4, -0.2) is 10.1 Å². The lowest BCUT2D eigenvalue weighted by molar-refractivity contribution is 0.275. The van der Waals surface area contributed by atoms with Crippen LogP contribution in [0.25, 0.3) is 11.7 Å². The van der Waals surface area contributed by atoms with E-state index in [1.807, 2.05) is 19.1 Å². The molecule has 2 N–H and O–H groups in total. The summed E-state index contributed by atoms with van der Waals surface area (Å²) in [5.41, 5.74) is 5.96. The zero-order valence-corrected chi connectivity index (χ0v) is 11.2. The molecule has 0 spiro atoms. The van der Waals surface area contributed by atoms with Crippen molar-refractivity contribution in [1.82, 2.24) is 10.1 Å². The van der Waals surface area contributed by atoms with Gasteiger partial charge >= 0.3 is 0 Å². The van der Waals surface area contributed by atoms with Gasteiger partial charge in [0.2, 0.25) is 0 Å². The van der Waals surface area contributed by atoms with E-state index in [1.54, 1.807) is 0 Å². The van der Waals surface area contributed by atoms with Crippen LogP contribution in [0.3, 0.4) is 0 Å². The van der Waals surface area contributed by atoms with E-state index < -0.39 is 5.54 Å². The first kappa shape index (κ1) is 12.4. The highest BCUT2D eigenvalue weighted by molar-refractivity contribution is 5.44. The second-order valence-corrected chi connectivity index (χ2v) is 5.26. The van der Waals surface area contributed by atoms with E-state index in [4.69, 9.17) is 14.7 Å². The Labute approximate surface area is 112 Å². The van der Waals surface area contributed by atoms with Gasteiger partial charge in [0.15, 0.2) is 11.6 Å². The number of hydrogen-bond donors (Lipinski definition) is 1. The largest absolute Gasteiger partial charge is 0.456 e. The number of rotatable bonds is 3. The van der Waals surface area contributed by atoms with Gasteiger partial charge in [-0.1, -0.05) is 31.3 Å². The minimum atomic E-state index is -0.430. The van der Waals surface area contributed by atoms with E-state index in [1.165, 1.54) is 6.42 Å². The van der Waals surface area contributed by atoms with Gasteiger partial charge in [-0.2, -0.15) is 4.98 Å². The summed E-state index contributed by atoms with van der Waals surface area (Å²) in [6.45, 7) is 2.04. The molecule has 0 bridgehead atoms. The summed E-state index contributed by atoms with van der Waals surface area (Å²) in [7, 11) is 0. The monoisotopic (exact) mass is 261 g/mol. The Morgan fingerprint density at radius 1 is 1.26 bits per heavy atom. The van der Waals surface area contributed by atoms with Crippen molar-refractivity contribution in [3.63, 3.8) is 0 Å². The molecular formula is C14H19N3O2. The molecule has 0 aromatic carbocycles. The summed E-state index contributed by atoms with van der Waals surface area (Å²) in [5, 5.41) is 4.05. The highest BCUT2D eigenvalue weighted by Gasteiger charge is 2.34. The third kappa shape index (κ3) is 2.30. The van der Waals surface area contributed by atoms with Crippen molar-refractivity contribution in [2.45, 2.75) is 51.0 Å². The molecule has 0 aliphatic heterocycles. The van der Waals surface area contributed by atoms with E-state index in [-0.39, 0.29) is 0 Å². The molecule has 2 aromatic heterocycles. The Morgan fingerprint density at radius 3 is 2.74 bits per heavy atom. The summed E-state index contributed by atoms with van der Waals surface area (Å²) >= 11 is 0. The lowest BCUT2D eigenvalue weighted by atomic mass is 9.82. The first-order valence-corrected chi connectivity index (χ1v) is 6.93. The van der Waals surface area contributed by atoms with Crippen molar-refractivity contribution < 1.29 is 8.94 Å². The van der Waals surface area contributed by atoms with Gasteiger partial charge in [0.25, 0.3) is 5.89 Å². The maximum absolute atomic E-state index is 6.39. The third-order valence-corrected chi connectivity index (χ3v) is 3.84. The van der Waals surface area contributed by atoms with Crippen LogP contribution >= 0.6 is 0 Å². The van der Waals surface area contributed by atoms with E-state index in [2.05, 4.69) is 10.1 Å². The fourth-order valence-corrected chi connectivity index (χ4v) is 2.61. The molecule has 1 saturated carbocycles. The minimum Gasteiger partial charge on any atom is -0.456 e. The predicted octanol–water partition coefficient (Wildman–Crippen LogP) is 3.01. The van der Waals surface area contributed by atoms with Crippen LogP contribution in [0.1, 0.15) is 50.6 Å². The molecule has 102 valence electrons. The van der Waals surface area contributed by atoms with Crippen molar-refractivity contribution in [1.29, 1.82) is 0 Å². The van der Waals surface area contributed by atoms with Gasteiger partial charge in [0.05, 0.1) is 5.54 Å². The Bertz CT molecular complexity index is 553. The zero-order chi connectivity index (χ0) is 13.3. The topological polar surface area (TPSA) is 78.1 Å². The van der Waals surface area contributed by atoms with Crippen molar-refractivity contribution in [2.75, 3.05) is 0 Å². The summed E-state index contributed by atoms with van der Waals surface area (Å²) < 4.78 is 10.9. The van der Waals surface area contributed by atoms with Crippen molar-refractivity contribution in [3.05, 3.63) is 23.7 Å². The average molecular weight is 261 g/mol. The number of furan rings is 1. The van der Waals surface area contributed by atoms with Crippen LogP contribution in [0.2, 0.25) is 0 Å². The molecule has 1 fully saturated rings. The van der Waals surface area contributed by atoms with Gasteiger partial charge in [0.1, 0.15) is 5.76 Å². The van der Waals surface area contributed by atoms with E-state index >= 15 is 0 Å². The fraction of sp³-hybridized carbons (Fsp3) is 0.571. The van der Waals surface area contributed by atoms with Crippen LogP contribution in [0.15, 0.2) is 21.1 Å². The summed E-state index contributed by atoms with van der Waals surface area (Å²) in [6, 6.07) is 3.79. The van der Waals surface area contributed by atoms with Crippen LogP contribution in [-0.2, 0) is 12.0 Å². The maximum atomic E-state index is 6.39. The van der Waals surface area contributed by atoms with Gasteiger partial charge in [-0.3, -0.25) is 0 Å². The smallest absolute Gasteiger partial charge is 0.293 e. The van der Waals surface area contributed by atoms with Crippen LogP contribution in [0, 0.1) is 0 Å². The quantitative estimate of drug-likeness (QED) is 0.918. The normalized spacial score (nSPS) is 18.6. The van der Waals surface area contributed by atoms with Crippen LogP contribution in [0.4, 0.5) is 0 Å². The van der Waals surface area contributed by atoms with E-state index in [9.17, 15) is 0 Å². The van der Waals surface area contributed by atoms with E-state index in [0.717, 1.165) is 37.9 Å². The highest BCUT2D eigenvalue weighted by atomic mass is 16.5. The molecule has 2 heterocycles. The van der Waals surface area contributed by atoms with Gasteiger partial charge in [0, 0.05) is 6.42 Å². The standard InChI is InChI=1S/C14H19N3O2/c1-2-10-6-7-11(18-10)12-16-13(17-19-12)14(15)8-4-3-5-9-14/h6-7H,2-5,8-9,15H2,1H3. The van der Waals surface area contributed by atoms with Crippen molar-refractivity contribution >= 4 is 0 Å². The first-order chi connectivity index (χ1) is 9.21. The second kappa shape index (κ2) is 4.81. The van der Waals surface area contributed by atoms with Gasteiger partial charge in [-0.05, 0) is 25.0 Å². The molecule has 2 aromatic rings. The SMILES string of the molecule is CCc1ccc(-c2nc(C3(N)CCCCC3)no2)o1. The fourth-order valence-electron chi connectivity index (χ4n) is 2.61. The molecule has 5 heteroatoms. The molecule has 0 atom stereocenters. The molecule has 19 heavy (non-hydrogen) atoms. The molecule has 1 aliphatic rings. The Morgan fingerprint density at radius 2 is 2.05 bits per heavy atom. The number of aryl methyl sites for hydroxylation is 1. The van der Waals surface area contributed by atoms with Crippen molar-refractivity contribution in [2.24, 2.45) is 5.73 Å². The van der Waals surface area contributed by atoms with Gasteiger partial charge in [-0.15, -0.1) is 0 Å². The second-order valence-electron chi connectivity index (χ2n) is 5.26. The molecule has 0 amide bonds. The number of hydrogen-bond acceptors (Lipinski definition) is 5. The Balaban J connectivity index is 1.86. The summed E-state index contributed by atoms with van der Waals surface area (Å²) in [6.07, 6.45) is 6.18. The summed E-state index contributed by atoms with van der Waals surface area (Å²) in [5.74, 6) is 2.56. The summed E-state index contributed by atoms with van der Waals surface area (Å²) in [4.78, 5) is 4.43. The van der Waals surface area contributed by atoms with Crippen LogP contribution < -0.4 is 5.73 Å². The Hall–Kier alpha value is -1.62. The van der Waals surface area contributed by atoms with Gasteiger partial charge < -0.3 is 14.7 Å². The average Bonchev–Trinajstić information content (AvgIpc) is 3.08. The lowest BCUT2D eigenvalue weighted by Gasteiger charge is -2.29. The van der Waals surface area contributed by atoms with Crippen molar-refractivity contribution in [3.8, 4) is 11.7 Å². The predicted molar refractivity (Wildman–Crippen MR) is 70.3 cm³/mol. The molecular weight excluding hydrogens is 242 g/mol. The highest BCUT2D eigenvalue weighted by Crippen LogP contribution is 2.34. The molecule has 0 radical (unpaired) electrons. The lowest BCUT2D eigenvalue weighted by Crippen LogP contribution is -2.39. The molecule has 1 aliphatic carbocycles. The molecule has 5 nitrogen and oxygen atoms in total. The van der Waals surface area contributed by atoms with Gasteiger partial charge in [-0.25, -0.2) is 0 Å². The number of nitrogens with two attached hydrogens (primary N) is 1. The maximum Gasteiger partial charge on any atom is 0.293 e. The minimum absolute atomic E-state index is 0.421. The third-order valence-electron chi connectivity index (χ3n) is 3.84. The molecule has 0 unspecified atom stereocenters. The van der Waals surface area contributed by atoms with E-state index in [0.29, 0.717) is 17.5 Å².